The van der Waals surface area contributed by atoms with Crippen LogP contribution in [0.25, 0.3) is 0 Å². The van der Waals surface area contributed by atoms with Crippen LogP contribution in [0.15, 0.2) is 23.5 Å². The molecule has 4 atom stereocenters. The number of hydrogen-bond acceptors (Lipinski definition) is 10. The molecule has 0 aromatic carbocycles. The van der Waals surface area contributed by atoms with Crippen LogP contribution in [0.5, 0.6) is 0 Å². The molecule has 4 unspecified atom stereocenters. The molecule has 0 aromatic heterocycles. The molecule has 0 saturated carbocycles. The average Bonchev–Trinajstić information content (AvgIpc) is 3.03. The second-order valence-corrected chi connectivity index (χ2v) is 10.9. The molecule has 10 nitrogen and oxygen atoms in total. The molecular formula is C27H40O10. The second kappa shape index (κ2) is 13.1. The van der Waals surface area contributed by atoms with Crippen molar-refractivity contribution in [2.24, 2.45) is 23.7 Å². The van der Waals surface area contributed by atoms with Crippen molar-refractivity contribution in [1.82, 2.24) is 0 Å². The molecule has 37 heavy (non-hydrogen) atoms. The van der Waals surface area contributed by atoms with Crippen LogP contribution < -0.4 is 0 Å². The van der Waals surface area contributed by atoms with Crippen molar-refractivity contribution in [3.63, 3.8) is 0 Å². The molecule has 0 bridgehead atoms. The predicted octanol–water partition coefficient (Wildman–Crippen LogP) is 3.21. The first-order chi connectivity index (χ1) is 17.2. The Kier molecular flexibility index (Phi) is 10.7. The van der Waals surface area contributed by atoms with Crippen LogP contribution in [-0.2, 0) is 42.9 Å². The van der Waals surface area contributed by atoms with Crippen LogP contribution >= 0.6 is 0 Å². The van der Waals surface area contributed by atoms with Crippen molar-refractivity contribution in [2.75, 3.05) is 13.2 Å². The summed E-state index contributed by atoms with van der Waals surface area (Å²) >= 11 is 0. The molecule has 2 rings (SSSR count). The Bertz CT molecular complexity index is 916. The number of esters is 4. The highest BCUT2D eigenvalue weighted by atomic mass is 16.7. The van der Waals surface area contributed by atoms with E-state index in [0.717, 1.165) is 0 Å². The Morgan fingerprint density at radius 2 is 1.43 bits per heavy atom. The van der Waals surface area contributed by atoms with E-state index in [1.54, 1.807) is 0 Å². The zero-order valence-electron chi connectivity index (χ0n) is 22.8. The largest absolute Gasteiger partial charge is 0.462 e. The van der Waals surface area contributed by atoms with Gasteiger partial charge >= 0.3 is 23.9 Å². The van der Waals surface area contributed by atoms with Gasteiger partial charge < -0.3 is 28.8 Å². The third-order valence-corrected chi connectivity index (χ3v) is 5.81. The standard InChI is InChI=1S/C27H40O10/c1-15(2)8-22(29)35-14-27(32)21(36-23(30)9-16(3)4)11-20-19(12-33-18(7)28)13-34-26(25(20)27)37-24(31)10-17(5)6/h11,13,15-17,21,25-26,32H,8-10,12,14H2,1-7H3. The monoisotopic (exact) mass is 524 g/mol. The Balaban J connectivity index is 2.45. The highest BCUT2D eigenvalue weighted by Crippen LogP contribution is 2.47. The molecule has 208 valence electrons. The minimum Gasteiger partial charge on any atom is -0.462 e. The van der Waals surface area contributed by atoms with Crippen LogP contribution in [0.3, 0.4) is 0 Å². The molecule has 10 heteroatoms. The topological polar surface area (TPSA) is 135 Å². The second-order valence-electron chi connectivity index (χ2n) is 10.9. The number of carbonyl (C=O) groups is 4. The van der Waals surface area contributed by atoms with E-state index in [4.69, 9.17) is 23.7 Å². The summed E-state index contributed by atoms with van der Waals surface area (Å²) in [5, 5.41) is 12.0. The summed E-state index contributed by atoms with van der Waals surface area (Å²) in [6, 6.07) is 0. The molecular weight excluding hydrogens is 484 g/mol. The number of hydrogen-bond donors (Lipinski definition) is 1. The van der Waals surface area contributed by atoms with Crippen LogP contribution in [-0.4, -0.2) is 60.2 Å². The van der Waals surface area contributed by atoms with E-state index in [9.17, 15) is 24.3 Å². The third kappa shape index (κ3) is 8.59. The maximum absolute atomic E-state index is 12.6. The van der Waals surface area contributed by atoms with Gasteiger partial charge in [0, 0.05) is 31.8 Å². The highest BCUT2D eigenvalue weighted by molar-refractivity contribution is 5.72. The summed E-state index contributed by atoms with van der Waals surface area (Å²) in [7, 11) is 0. The van der Waals surface area contributed by atoms with Crippen molar-refractivity contribution >= 4 is 23.9 Å². The summed E-state index contributed by atoms with van der Waals surface area (Å²) < 4.78 is 27.5. The van der Waals surface area contributed by atoms with Crippen molar-refractivity contribution < 1.29 is 48.0 Å². The fraction of sp³-hybridized carbons (Fsp3) is 0.704. The maximum atomic E-state index is 12.6. The molecule has 1 aliphatic heterocycles. The summed E-state index contributed by atoms with van der Waals surface area (Å²) in [6.45, 7) is 11.7. The van der Waals surface area contributed by atoms with Crippen LogP contribution in [0.4, 0.5) is 0 Å². The lowest BCUT2D eigenvalue weighted by atomic mass is 9.82. The van der Waals surface area contributed by atoms with E-state index in [1.165, 1.54) is 19.3 Å². The Labute approximate surface area is 218 Å². The molecule has 1 heterocycles. The SMILES string of the molecule is CC(=O)OCC1=COC(OC(=O)CC(C)C)C2C1=CC(OC(=O)CC(C)C)C2(O)COC(=O)CC(C)C. The van der Waals surface area contributed by atoms with Crippen molar-refractivity contribution in [2.45, 2.75) is 85.7 Å². The molecule has 1 N–H and O–H groups in total. The number of ether oxygens (including phenoxy) is 5. The molecule has 0 saturated heterocycles. The molecule has 0 fully saturated rings. The van der Waals surface area contributed by atoms with Gasteiger partial charge in [-0.05, 0) is 29.4 Å². The summed E-state index contributed by atoms with van der Waals surface area (Å²) in [6.07, 6.45) is 0.625. The normalized spacial score (nSPS) is 24.7. The minimum absolute atomic E-state index is 0.00768. The van der Waals surface area contributed by atoms with Gasteiger partial charge in [0.25, 0.3) is 6.29 Å². The zero-order chi connectivity index (χ0) is 27.9. The predicted molar refractivity (Wildman–Crippen MR) is 131 cm³/mol. The van der Waals surface area contributed by atoms with Gasteiger partial charge in [-0.3, -0.25) is 19.2 Å². The quantitative estimate of drug-likeness (QED) is 0.299. The van der Waals surface area contributed by atoms with Crippen molar-refractivity contribution in [3.05, 3.63) is 23.5 Å². The smallest absolute Gasteiger partial charge is 0.309 e. The first kappa shape index (κ1) is 30.3. The van der Waals surface area contributed by atoms with Gasteiger partial charge in [0.1, 0.15) is 13.2 Å². The van der Waals surface area contributed by atoms with Gasteiger partial charge in [-0.1, -0.05) is 41.5 Å². The average molecular weight is 525 g/mol. The van der Waals surface area contributed by atoms with Crippen LogP contribution in [0.1, 0.15) is 67.7 Å². The number of aliphatic hydroxyl groups is 1. The van der Waals surface area contributed by atoms with Gasteiger partial charge in [-0.2, -0.15) is 0 Å². The van der Waals surface area contributed by atoms with E-state index >= 15 is 0 Å². The van der Waals surface area contributed by atoms with Gasteiger partial charge in [0.2, 0.25) is 0 Å². The summed E-state index contributed by atoms with van der Waals surface area (Å²) in [4.78, 5) is 48.9. The zero-order valence-corrected chi connectivity index (χ0v) is 22.8. The van der Waals surface area contributed by atoms with E-state index < -0.39 is 54.4 Å². The molecule has 1 aliphatic carbocycles. The first-order valence-corrected chi connectivity index (χ1v) is 12.7. The Morgan fingerprint density at radius 1 is 0.892 bits per heavy atom. The maximum Gasteiger partial charge on any atom is 0.309 e. The molecule has 0 aromatic rings. The van der Waals surface area contributed by atoms with E-state index in [1.807, 2.05) is 41.5 Å². The summed E-state index contributed by atoms with van der Waals surface area (Å²) in [5.41, 5.74) is -1.20. The van der Waals surface area contributed by atoms with E-state index in [0.29, 0.717) is 11.1 Å². The first-order valence-electron chi connectivity index (χ1n) is 12.7. The molecule has 2 aliphatic rings. The van der Waals surface area contributed by atoms with Gasteiger partial charge in [0.05, 0.1) is 12.2 Å². The van der Waals surface area contributed by atoms with E-state index in [-0.39, 0.29) is 43.6 Å². The lowest BCUT2D eigenvalue weighted by Crippen LogP contribution is -2.56. The minimum atomic E-state index is -2.01. The highest BCUT2D eigenvalue weighted by Gasteiger charge is 2.59. The molecule has 0 amide bonds. The molecule has 0 radical (unpaired) electrons. The van der Waals surface area contributed by atoms with Crippen molar-refractivity contribution in [1.29, 1.82) is 0 Å². The Morgan fingerprint density at radius 3 is 1.97 bits per heavy atom. The lowest BCUT2D eigenvalue weighted by molar-refractivity contribution is -0.218. The van der Waals surface area contributed by atoms with Gasteiger partial charge in [-0.15, -0.1) is 0 Å². The van der Waals surface area contributed by atoms with E-state index in [2.05, 4.69) is 0 Å². The Hall–Kier alpha value is -2.88. The fourth-order valence-corrected chi connectivity index (χ4v) is 4.17. The number of fused-ring (bicyclic) bond motifs is 1. The lowest BCUT2D eigenvalue weighted by Gasteiger charge is -2.40. The van der Waals surface area contributed by atoms with Crippen molar-refractivity contribution in [3.8, 4) is 0 Å². The fourth-order valence-electron chi connectivity index (χ4n) is 4.17. The third-order valence-electron chi connectivity index (χ3n) is 5.81. The number of rotatable bonds is 12. The number of carbonyl (C=O) groups excluding carboxylic acids is 4. The van der Waals surface area contributed by atoms with Crippen LogP contribution in [0.2, 0.25) is 0 Å². The summed E-state index contributed by atoms with van der Waals surface area (Å²) in [5.74, 6) is -3.19. The van der Waals surface area contributed by atoms with Crippen LogP contribution in [0, 0.1) is 23.7 Å². The van der Waals surface area contributed by atoms with Gasteiger partial charge in [-0.25, -0.2) is 0 Å². The molecule has 0 spiro atoms. The van der Waals surface area contributed by atoms with Gasteiger partial charge in [0.15, 0.2) is 11.7 Å².